The van der Waals surface area contributed by atoms with Gasteiger partial charge in [0.2, 0.25) is 0 Å². The topological polar surface area (TPSA) is 60.5 Å². The molecule has 102 valence electrons. The lowest BCUT2D eigenvalue weighted by Gasteiger charge is -2.34. The normalized spacial score (nSPS) is 21.5. The van der Waals surface area contributed by atoms with E-state index in [1.54, 1.807) is 0 Å². The zero-order valence-electron chi connectivity index (χ0n) is 11.0. The van der Waals surface area contributed by atoms with Crippen molar-refractivity contribution in [3.05, 3.63) is 0 Å². The van der Waals surface area contributed by atoms with Gasteiger partial charge in [-0.3, -0.25) is 0 Å². The van der Waals surface area contributed by atoms with E-state index in [9.17, 15) is 5.11 Å². The molecule has 0 saturated carbocycles. The number of aliphatic hydroxyl groups is 1. The highest BCUT2D eigenvalue weighted by Gasteiger charge is 2.40. The second-order valence-electron chi connectivity index (χ2n) is 3.97. The van der Waals surface area contributed by atoms with Crippen LogP contribution in [0.3, 0.4) is 0 Å². The molecule has 1 aliphatic rings. The Morgan fingerprint density at radius 1 is 1.24 bits per heavy atom. The van der Waals surface area contributed by atoms with E-state index in [1.807, 2.05) is 20.8 Å². The van der Waals surface area contributed by atoms with Gasteiger partial charge >= 0.3 is 5.97 Å². The van der Waals surface area contributed by atoms with Crippen molar-refractivity contribution in [1.29, 1.82) is 0 Å². The zero-order chi connectivity index (χ0) is 12.7. The second-order valence-corrected chi connectivity index (χ2v) is 3.97. The second kappa shape index (κ2) is 7.28. The summed E-state index contributed by atoms with van der Waals surface area (Å²) in [6.45, 7) is 7.59. The Kier molecular flexibility index (Phi) is 6.37. The van der Waals surface area contributed by atoms with Gasteiger partial charge in [-0.1, -0.05) is 0 Å². The van der Waals surface area contributed by atoms with Crippen LogP contribution in [0.15, 0.2) is 0 Å². The Balaban J connectivity index is 2.53. The van der Waals surface area contributed by atoms with E-state index in [4.69, 9.17) is 18.9 Å². The van der Waals surface area contributed by atoms with Crippen molar-refractivity contribution in [1.82, 2.24) is 0 Å². The van der Waals surface area contributed by atoms with Crippen LogP contribution in [0.2, 0.25) is 0 Å². The van der Waals surface area contributed by atoms with Crippen molar-refractivity contribution >= 4 is 0 Å². The number of hydrogen-bond acceptors (Lipinski definition) is 5. The standard InChI is InChI=1S/C12H24O5/c1-4-14-11(8-7-10-9-15-10)12(13,16-5-2)17-6-3/h10-11,13H,4-9H2,1-3H3. The summed E-state index contributed by atoms with van der Waals surface area (Å²) in [5.41, 5.74) is 0. The lowest BCUT2D eigenvalue weighted by atomic mass is 10.1. The lowest BCUT2D eigenvalue weighted by Crippen LogP contribution is -2.49. The minimum Gasteiger partial charge on any atom is -0.373 e. The van der Waals surface area contributed by atoms with Crippen LogP contribution in [-0.4, -0.2) is 49.7 Å². The minimum atomic E-state index is -1.64. The molecule has 1 aliphatic heterocycles. The van der Waals surface area contributed by atoms with Crippen LogP contribution in [0.25, 0.3) is 0 Å². The van der Waals surface area contributed by atoms with Crippen LogP contribution >= 0.6 is 0 Å². The summed E-state index contributed by atoms with van der Waals surface area (Å²) >= 11 is 0. The van der Waals surface area contributed by atoms with Gasteiger partial charge in [0.05, 0.1) is 12.7 Å². The van der Waals surface area contributed by atoms with Crippen molar-refractivity contribution in [2.45, 2.75) is 51.8 Å². The van der Waals surface area contributed by atoms with Crippen molar-refractivity contribution in [3.8, 4) is 0 Å². The first-order chi connectivity index (χ1) is 8.16. The molecule has 0 aliphatic carbocycles. The predicted octanol–water partition coefficient (Wildman–Crippen LogP) is 1.29. The third-order valence-electron chi connectivity index (χ3n) is 2.63. The molecule has 1 heterocycles. The van der Waals surface area contributed by atoms with E-state index in [1.165, 1.54) is 0 Å². The smallest absolute Gasteiger partial charge is 0.308 e. The first-order valence-electron chi connectivity index (χ1n) is 6.39. The zero-order valence-corrected chi connectivity index (χ0v) is 11.0. The van der Waals surface area contributed by atoms with Crippen molar-refractivity contribution in [3.63, 3.8) is 0 Å². The Hall–Kier alpha value is -0.200. The summed E-state index contributed by atoms with van der Waals surface area (Å²) in [6, 6.07) is 0. The summed E-state index contributed by atoms with van der Waals surface area (Å²) in [5.74, 6) is -1.64. The Morgan fingerprint density at radius 3 is 2.24 bits per heavy atom. The molecule has 1 fully saturated rings. The van der Waals surface area contributed by atoms with Gasteiger partial charge in [0, 0.05) is 19.8 Å². The van der Waals surface area contributed by atoms with Gasteiger partial charge in [0.1, 0.15) is 6.10 Å². The van der Waals surface area contributed by atoms with Crippen molar-refractivity contribution in [2.24, 2.45) is 0 Å². The monoisotopic (exact) mass is 248 g/mol. The molecule has 5 nitrogen and oxygen atoms in total. The van der Waals surface area contributed by atoms with Gasteiger partial charge < -0.3 is 24.1 Å². The SMILES string of the molecule is CCOC(CCC1CO1)C(O)(OCC)OCC. The van der Waals surface area contributed by atoms with Crippen molar-refractivity contribution < 1.29 is 24.1 Å². The quantitative estimate of drug-likeness (QED) is 0.466. The third kappa shape index (κ3) is 4.89. The number of hydrogen-bond donors (Lipinski definition) is 1. The largest absolute Gasteiger partial charge is 0.373 e. The maximum atomic E-state index is 10.3. The maximum Gasteiger partial charge on any atom is 0.308 e. The lowest BCUT2D eigenvalue weighted by molar-refractivity contribution is -0.398. The molecule has 2 unspecified atom stereocenters. The summed E-state index contributed by atoms with van der Waals surface area (Å²) in [7, 11) is 0. The van der Waals surface area contributed by atoms with Gasteiger partial charge in [-0.05, 0) is 33.6 Å². The van der Waals surface area contributed by atoms with E-state index >= 15 is 0 Å². The molecule has 2 atom stereocenters. The molecule has 0 bridgehead atoms. The van der Waals surface area contributed by atoms with Gasteiger partial charge in [0.15, 0.2) is 0 Å². The molecular formula is C12H24O5. The van der Waals surface area contributed by atoms with Gasteiger partial charge in [0.25, 0.3) is 0 Å². The van der Waals surface area contributed by atoms with E-state index in [0.29, 0.717) is 32.3 Å². The fourth-order valence-electron chi connectivity index (χ4n) is 1.79. The number of epoxide rings is 1. The molecule has 5 heteroatoms. The average molecular weight is 248 g/mol. The van der Waals surface area contributed by atoms with Gasteiger partial charge in [-0.2, -0.15) is 0 Å². The predicted molar refractivity (Wildman–Crippen MR) is 62.6 cm³/mol. The molecule has 0 aromatic rings. The van der Waals surface area contributed by atoms with E-state index in [0.717, 1.165) is 13.0 Å². The summed E-state index contributed by atoms with van der Waals surface area (Å²) in [4.78, 5) is 0. The Bertz CT molecular complexity index is 199. The first kappa shape index (κ1) is 14.9. The average Bonchev–Trinajstić information content (AvgIpc) is 3.08. The molecule has 0 radical (unpaired) electrons. The molecule has 0 amide bonds. The number of ether oxygens (including phenoxy) is 4. The fraction of sp³-hybridized carbons (Fsp3) is 1.00. The van der Waals surface area contributed by atoms with Gasteiger partial charge in [-0.25, -0.2) is 0 Å². The summed E-state index contributed by atoms with van der Waals surface area (Å²) in [5, 5.41) is 10.3. The van der Waals surface area contributed by atoms with E-state index in [-0.39, 0.29) is 0 Å². The number of rotatable bonds is 10. The van der Waals surface area contributed by atoms with E-state index in [2.05, 4.69) is 0 Å². The fourth-order valence-corrected chi connectivity index (χ4v) is 1.79. The first-order valence-corrected chi connectivity index (χ1v) is 6.39. The highest BCUT2D eigenvalue weighted by Crippen LogP contribution is 2.25. The Morgan fingerprint density at radius 2 is 1.82 bits per heavy atom. The molecule has 0 aromatic heterocycles. The van der Waals surface area contributed by atoms with Crippen LogP contribution in [-0.2, 0) is 18.9 Å². The molecular weight excluding hydrogens is 224 g/mol. The van der Waals surface area contributed by atoms with Crippen molar-refractivity contribution in [2.75, 3.05) is 26.4 Å². The molecule has 0 aromatic carbocycles. The molecule has 1 rings (SSSR count). The van der Waals surface area contributed by atoms with Crippen LogP contribution in [0.4, 0.5) is 0 Å². The third-order valence-corrected chi connectivity index (χ3v) is 2.63. The highest BCUT2D eigenvalue weighted by molar-refractivity contribution is 4.76. The molecule has 1 saturated heterocycles. The molecule has 17 heavy (non-hydrogen) atoms. The minimum absolute atomic E-state index is 0.311. The maximum absolute atomic E-state index is 10.3. The van der Waals surface area contributed by atoms with Crippen LogP contribution < -0.4 is 0 Å². The summed E-state index contributed by atoms with van der Waals surface area (Å²) in [6.07, 6.45) is 1.35. The Labute approximate surface area is 103 Å². The summed E-state index contributed by atoms with van der Waals surface area (Å²) < 4.78 is 21.3. The van der Waals surface area contributed by atoms with Crippen LogP contribution in [0.1, 0.15) is 33.6 Å². The molecule has 0 spiro atoms. The van der Waals surface area contributed by atoms with Crippen LogP contribution in [0.5, 0.6) is 0 Å². The molecule has 1 N–H and O–H groups in total. The van der Waals surface area contributed by atoms with E-state index < -0.39 is 12.1 Å². The van der Waals surface area contributed by atoms with Gasteiger partial charge in [-0.15, -0.1) is 0 Å². The van der Waals surface area contributed by atoms with Crippen LogP contribution in [0, 0.1) is 0 Å². The highest BCUT2D eigenvalue weighted by atomic mass is 16.8.